The highest BCUT2D eigenvalue weighted by Crippen LogP contribution is 2.25. The number of ether oxygens (including phenoxy) is 2. The summed E-state index contributed by atoms with van der Waals surface area (Å²) in [6.07, 6.45) is 11.2. The summed E-state index contributed by atoms with van der Waals surface area (Å²) in [7, 11) is 0. The zero-order valence-corrected chi connectivity index (χ0v) is 8.40. The average molecular weight is 182 g/mol. The smallest absolute Gasteiger partial charge is 0.134 e. The zero-order valence-electron chi connectivity index (χ0n) is 8.40. The third-order valence-corrected chi connectivity index (χ3v) is 2.17. The molecule has 0 radical (unpaired) electrons. The molecule has 0 aliphatic heterocycles. The van der Waals surface area contributed by atoms with E-state index in [-0.39, 0.29) is 12.2 Å². The Bertz CT molecular complexity index is 165. The van der Waals surface area contributed by atoms with Crippen molar-refractivity contribution >= 4 is 0 Å². The summed E-state index contributed by atoms with van der Waals surface area (Å²) in [5.74, 6) is 0. The number of rotatable bonds is 4. The van der Waals surface area contributed by atoms with Crippen LogP contribution in [0.2, 0.25) is 0 Å². The SMILES string of the molecule is CC=COC1CCCC1OC=CC. The van der Waals surface area contributed by atoms with Crippen molar-refractivity contribution in [3.05, 3.63) is 24.7 Å². The average Bonchev–Trinajstić information content (AvgIpc) is 2.59. The Hall–Kier alpha value is -0.920. The summed E-state index contributed by atoms with van der Waals surface area (Å²) in [4.78, 5) is 0. The van der Waals surface area contributed by atoms with Gasteiger partial charge in [-0.1, -0.05) is 12.2 Å². The van der Waals surface area contributed by atoms with Gasteiger partial charge in [0.1, 0.15) is 12.2 Å². The van der Waals surface area contributed by atoms with Crippen molar-refractivity contribution in [2.75, 3.05) is 0 Å². The Labute approximate surface area is 80.2 Å². The standard InChI is InChI=1S/C11H18O2/c1-3-8-12-10-6-5-7-11(10)13-9-4-2/h3-4,8-11H,5-7H2,1-2H3. The minimum atomic E-state index is 0.243. The highest BCUT2D eigenvalue weighted by Gasteiger charge is 2.28. The predicted molar refractivity (Wildman–Crippen MR) is 53.2 cm³/mol. The van der Waals surface area contributed by atoms with Crippen LogP contribution in [-0.4, -0.2) is 12.2 Å². The van der Waals surface area contributed by atoms with Crippen molar-refractivity contribution in [3.63, 3.8) is 0 Å². The molecular weight excluding hydrogens is 164 g/mol. The molecule has 1 aliphatic rings. The summed E-state index contributed by atoms with van der Waals surface area (Å²) < 4.78 is 11.0. The molecule has 74 valence electrons. The van der Waals surface area contributed by atoms with E-state index in [1.54, 1.807) is 12.5 Å². The monoisotopic (exact) mass is 182 g/mol. The van der Waals surface area contributed by atoms with E-state index in [0.717, 1.165) is 12.8 Å². The molecule has 0 amide bonds. The van der Waals surface area contributed by atoms with Gasteiger partial charge in [0.2, 0.25) is 0 Å². The molecule has 1 aliphatic carbocycles. The molecule has 0 aromatic carbocycles. The number of hydrogen-bond donors (Lipinski definition) is 0. The fraction of sp³-hybridized carbons (Fsp3) is 0.636. The van der Waals surface area contributed by atoms with Gasteiger partial charge in [-0.3, -0.25) is 0 Å². The maximum Gasteiger partial charge on any atom is 0.134 e. The van der Waals surface area contributed by atoms with Gasteiger partial charge in [-0.15, -0.1) is 0 Å². The van der Waals surface area contributed by atoms with Crippen LogP contribution in [0.1, 0.15) is 33.1 Å². The topological polar surface area (TPSA) is 18.5 Å². The Morgan fingerprint density at radius 3 is 1.77 bits per heavy atom. The molecule has 2 nitrogen and oxygen atoms in total. The van der Waals surface area contributed by atoms with Crippen molar-refractivity contribution in [2.24, 2.45) is 0 Å². The maximum absolute atomic E-state index is 5.52. The molecule has 2 heteroatoms. The van der Waals surface area contributed by atoms with Gasteiger partial charge in [0, 0.05) is 0 Å². The molecule has 1 rings (SSSR count). The summed E-state index contributed by atoms with van der Waals surface area (Å²) in [6.45, 7) is 3.91. The molecule has 2 atom stereocenters. The van der Waals surface area contributed by atoms with E-state index >= 15 is 0 Å². The summed E-state index contributed by atoms with van der Waals surface area (Å²) in [5, 5.41) is 0. The fourth-order valence-electron chi connectivity index (χ4n) is 1.56. The van der Waals surface area contributed by atoms with Crippen molar-refractivity contribution in [3.8, 4) is 0 Å². The van der Waals surface area contributed by atoms with E-state index in [1.807, 2.05) is 26.0 Å². The van der Waals surface area contributed by atoms with Gasteiger partial charge in [0.05, 0.1) is 12.5 Å². The Balaban J connectivity index is 2.34. The molecule has 1 fully saturated rings. The Morgan fingerprint density at radius 1 is 0.923 bits per heavy atom. The van der Waals surface area contributed by atoms with Gasteiger partial charge in [-0.05, 0) is 33.1 Å². The first-order valence-corrected chi connectivity index (χ1v) is 4.91. The normalized spacial score (nSPS) is 28.8. The predicted octanol–water partition coefficient (Wildman–Crippen LogP) is 3.01. The second kappa shape index (κ2) is 5.68. The van der Waals surface area contributed by atoms with E-state index in [4.69, 9.17) is 9.47 Å². The number of allylic oxidation sites excluding steroid dienone is 2. The highest BCUT2D eigenvalue weighted by molar-refractivity contribution is 4.84. The summed E-state index contributed by atoms with van der Waals surface area (Å²) >= 11 is 0. The second-order valence-corrected chi connectivity index (χ2v) is 3.22. The van der Waals surface area contributed by atoms with Crippen LogP contribution >= 0.6 is 0 Å². The van der Waals surface area contributed by atoms with Gasteiger partial charge in [0.25, 0.3) is 0 Å². The van der Waals surface area contributed by atoms with E-state index in [9.17, 15) is 0 Å². The van der Waals surface area contributed by atoms with Crippen LogP contribution in [0, 0.1) is 0 Å². The Kier molecular flexibility index (Phi) is 4.44. The lowest BCUT2D eigenvalue weighted by Crippen LogP contribution is -2.22. The molecular formula is C11H18O2. The Morgan fingerprint density at radius 2 is 1.38 bits per heavy atom. The largest absolute Gasteiger partial charge is 0.495 e. The molecule has 0 saturated heterocycles. The van der Waals surface area contributed by atoms with Gasteiger partial charge in [-0.2, -0.15) is 0 Å². The van der Waals surface area contributed by atoms with Crippen molar-refractivity contribution < 1.29 is 9.47 Å². The van der Waals surface area contributed by atoms with Crippen LogP contribution in [0.4, 0.5) is 0 Å². The van der Waals surface area contributed by atoms with Crippen molar-refractivity contribution in [1.29, 1.82) is 0 Å². The van der Waals surface area contributed by atoms with Gasteiger partial charge in [-0.25, -0.2) is 0 Å². The van der Waals surface area contributed by atoms with Crippen LogP contribution in [0.25, 0.3) is 0 Å². The second-order valence-electron chi connectivity index (χ2n) is 3.22. The van der Waals surface area contributed by atoms with Crippen LogP contribution in [-0.2, 0) is 9.47 Å². The molecule has 0 N–H and O–H groups in total. The summed E-state index contributed by atoms with van der Waals surface area (Å²) in [6, 6.07) is 0. The first kappa shape index (κ1) is 10.2. The van der Waals surface area contributed by atoms with Crippen LogP contribution < -0.4 is 0 Å². The molecule has 1 saturated carbocycles. The molecule has 2 unspecified atom stereocenters. The van der Waals surface area contributed by atoms with Gasteiger partial charge >= 0.3 is 0 Å². The highest BCUT2D eigenvalue weighted by atomic mass is 16.5. The molecule has 0 spiro atoms. The molecule has 0 aromatic heterocycles. The number of hydrogen-bond acceptors (Lipinski definition) is 2. The van der Waals surface area contributed by atoms with Crippen molar-refractivity contribution in [1.82, 2.24) is 0 Å². The lowest BCUT2D eigenvalue weighted by molar-refractivity contribution is 0.0211. The maximum atomic E-state index is 5.52. The lowest BCUT2D eigenvalue weighted by atomic mass is 10.2. The quantitative estimate of drug-likeness (QED) is 0.622. The first-order chi connectivity index (χ1) is 6.38. The molecule has 13 heavy (non-hydrogen) atoms. The fourth-order valence-corrected chi connectivity index (χ4v) is 1.56. The van der Waals surface area contributed by atoms with Crippen molar-refractivity contribution in [2.45, 2.75) is 45.3 Å². The van der Waals surface area contributed by atoms with Crippen LogP contribution in [0.5, 0.6) is 0 Å². The molecule has 0 aromatic rings. The van der Waals surface area contributed by atoms with E-state index < -0.39 is 0 Å². The van der Waals surface area contributed by atoms with E-state index in [0.29, 0.717) is 0 Å². The summed E-state index contributed by atoms with van der Waals surface area (Å²) in [5.41, 5.74) is 0. The van der Waals surface area contributed by atoms with Gasteiger partial charge in [0.15, 0.2) is 0 Å². The van der Waals surface area contributed by atoms with Crippen LogP contribution in [0.15, 0.2) is 24.7 Å². The minimum absolute atomic E-state index is 0.243. The third kappa shape index (κ3) is 3.13. The third-order valence-electron chi connectivity index (χ3n) is 2.17. The van der Waals surface area contributed by atoms with Crippen LogP contribution in [0.3, 0.4) is 0 Å². The lowest BCUT2D eigenvalue weighted by Gasteiger charge is -2.18. The molecule has 0 bridgehead atoms. The van der Waals surface area contributed by atoms with Gasteiger partial charge < -0.3 is 9.47 Å². The molecule has 0 heterocycles. The first-order valence-electron chi connectivity index (χ1n) is 4.91. The van der Waals surface area contributed by atoms with E-state index in [2.05, 4.69) is 0 Å². The van der Waals surface area contributed by atoms with E-state index in [1.165, 1.54) is 6.42 Å². The zero-order chi connectivity index (χ0) is 9.52. The minimum Gasteiger partial charge on any atom is -0.495 e.